The van der Waals surface area contributed by atoms with Crippen LogP contribution in [-0.4, -0.2) is 43.3 Å². The lowest BCUT2D eigenvalue weighted by Crippen LogP contribution is -2.29. The second-order valence-corrected chi connectivity index (χ2v) is 7.84. The van der Waals surface area contributed by atoms with Crippen molar-refractivity contribution >= 4 is 16.9 Å². The number of nitrogens with one attached hydrogen (secondary N) is 2. The summed E-state index contributed by atoms with van der Waals surface area (Å²) in [6.07, 6.45) is -0.478. The van der Waals surface area contributed by atoms with Gasteiger partial charge in [-0.15, -0.1) is 10.2 Å². The molecule has 2 unspecified atom stereocenters. The van der Waals surface area contributed by atoms with Crippen molar-refractivity contribution in [2.75, 3.05) is 17.6 Å². The zero-order valence-corrected chi connectivity index (χ0v) is 17.7. The maximum absolute atomic E-state index is 14.6. The number of anilines is 1. The number of ether oxygens (including phenoxy) is 1. The SMILES string of the molecule is CCS(=O)NCC(Nc1ncc(-c2nnc(C(F)F)o2)cn1)c1ccc(OC(F)F)cc1F. The summed E-state index contributed by atoms with van der Waals surface area (Å²) in [7, 11) is -1.39. The first kappa shape index (κ1) is 24.4. The Morgan fingerprint density at radius 2 is 1.88 bits per heavy atom. The minimum absolute atomic E-state index is 0.00809. The number of aromatic nitrogens is 4. The first-order valence-corrected chi connectivity index (χ1v) is 10.6. The molecule has 9 nitrogen and oxygen atoms in total. The van der Waals surface area contributed by atoms with Gasteiger partial charge in [-0.2, -0.15) is 17.6 Å². The second kappa shape index (κ2) is 11.1. The van der Waals surface area contributed by atoms with Crippen LogP contribution in [0.3, 0.4) is 0 Å². The van der Waals surface area contributed by atoms with Gasteiger partial charge in [-0.3, -0.25) is 0 Å². The van der Waals surface area contributed by atoms with Crippen LogP contribution in [0.1, 0.15) is 30.8 Å². The van der Waals surface area contributed by atoms with Crippen LogP contribution in [0.2, 0.25) is 0 Å². The molecule has 0 bridgehead atoms. The van der Waals surface area contributed by atoms with E-state index in [4.69, 9.17) is 4.42 Å². The second-order valence-electron chi connectivity index (χ2n) is 6.28. The fourth-order valence-corrected chi connectivity index (χ4v) is 3.15. The molecule has 0 radical (unpaired) electrons. The van der Waals surface area contributed by atoms with Gasteiger partial charge in [0.2, 0.25) is 5.95 Å². The molecule has 0 spiro atoms. The minimum Gasteiger partial charge on any atom is -0.435 e. The number of benzene rings is 1. The molecule has 0 aliphatic carbocycles. The Morgan fingerprint density at radius 1 is 1.15 bits per heavy atom. The molecule has 33 heavy (non-hydrogen) atoms. The van der Waals surface area contributed by atoms with E-state index in [0.29, 0.717) is 5.75 Å². The zero-order valence-electron chi connectivity index (χ0n) is 16.8. The van der Waals surface area contributed by atoms with E-state index in [1.165, 1.54) is 18.5 Å². The predicted octanol–water partition coefficient (Wildman–Crippen LogP) is 3.63. The first-order chi connectivity index (χ1) is 15.8. The molecular weight excluding hydrogens is 475 g/mol. The zero-order chi connectivity index (χ0) is 24.0. The van der Waals surface area contributed by atoms with E-state index in [0.717, 1.165) is 12.1 Å². The molecule has 0 fully saturated rings. The summed E-state index contributed by atoms with van der Waals surface area (Å²) in [4.78, 5) is 8.04. The minimum atomic E-state index is -3.11. The van der Waals surface area contributed by atoms with Crippen molar-refractivity contribution in [2.24, 2.45) is 0 Å². The number of rotatable bonds is 11. The first-order valence-electron chi connectivity index (χ1n) is 9.33. The van der Waals surface area contributed by atoms with E-state index in [-0.39, 0.29) is 35.3 Å². The number of hydrogen-bond acceptors (Lipinski definition) is 8. The summed E-state index contributed by atoms with van der Waals surface area (Å²) in [6.45, 7) is -1.46. The molecule has 2 atom stereocenters. The van der Waals surface area contributed by atoms with Gasteiger partial charge in [0.25, 0.3) is 11.8 Å². The van der Waals surface area contributed by atoms with E-state index < -0.39 is 41.8 Å². The fourth-order valence-electron chi connectivity index (χ4n) is 2.59. The Kier molecular flexibility index (Phi) is 8.21. The van der Waals surface area contributed by atoms with Crippen LogP contribution >= 0.6 is 0 Å². The highest BCUT2D eigenvalue weighted by atomic mass is 32.2. The summed E-state index contributed by atoms with van der Waals surface area (Å²) < 4.78 is 88.1. The van der Waals surface area contributed by atoms with E-state index in [1.807, 2.05) is 0 Å². The standard InChI is InChI=1S/C18H17F5N6O3S/c1-2-33(30)26-8-13(11-4-3-10(5-12(11)19)31-17(22)23)27-18-24-6-9(7-25-18)15-28-29-16(32-15)14(20)21/h3-7,13-14,17,26H,2,8H2,1H3,(H,24,25,27). The summed E-state index contributed by atoms with van der Waals surface area (Å²) in [5, 5.41) is 9.54. The predicted molar refractivity (Wildman–Crippen MR) is 106 cm³/mol. The van der Waals surface area contributed by atoms with E-state index in [1.54, 1.807) is 6.92 Å². The van der Waals surface area contributed by atoms with Crippen molar-refractivity contribution in [3.63, 3.8) is 0 Å². The number of hydrogen-bond donors (Lipinski definition) is 2. The molecule has 2 heterocycles. The summed E-state index contributed by atoms with van der Waals surface area (Å²) in [5.74, 6) is -1.97. The van der Waals surface area contributed by atoms with Crippen LogP contribution < -0.4 is 14.8 Å². The molecule has 2 aromatic heterocycles. The topological polar surface area (TPSA) is 115 Å². The van der Waals surface area contributed by atoms with Crippen molar-refractivity contribution < 1.29 is 35.3 Å². The van der Waals surface area contributed by atoms with Crippen LogP contribution in [0.15, 0.2) is 35.0 Å². The summed E-state index contributed by atoms with van der Waals surface area (Å²) in [6, 6.07) is 2.34. The van der Waals surface area contributed by atoms with E-state index in [9.17, 15) is 26.2 Å². The van der Waals surface area contributed by atoms with Gasteiger partial charge in [0.05, 0.1) is 22.6 Å². The molecule has 15 heteroatoms. The van der Waals surface area contributed by atoms with Gasteiger partial charge in [0.15, 0.2) is 0 Å². The van der Waals surface area contributed by atoms with Crippen molar-refractivity contribution in [1.82, 2.24) is 24.9 Å². The van der Waals surface area contributed by atoms with Crippen molar-refractivity contribution in [3.05, 3.63) is 47.9 Å². The highest BCUT2D eigenvalue weighted by molar-refractivity contribution is 7.82. The molecule has 0 aliphatic heterocycles. The van der Waals surface area contributed by atoms with Gasteiger partial charge >= 0.3 is 13.0 Å². The van der Waals surface area contributed by atoms with Crippen LogP contribution in [0.4, 0.5) is 27.9 Å². The summed E-state index contributed by atoms with van der Waals surface area (Å²) >= 11 is 0. The molecule has 0 amide bonds. The third-order valence-corrected chi connectivity index (χ3v) is 5.13. The lowest BCUT2D eigenvalue weighted by atomic mass is 10.1. The molecular formula is C18H17F5N6O3S. The molecule has 3 aromatic rings. The average molecular weight is 492 g/mol. The van der Waals surface area contributed by atoms with Crippen molar-refractivity contribution in [1.29, 1.82) is 0 Å². The van der Waals surface area contributed by atoms with Gasteiger partial charge in [-0.05, 0) is 6.07 Å². The third-order valence-electron chi connectivity index (χ3n) is 4.11. The van der Waals surface area contributed by atoms with Gasteiger partial charge < -0.3 is 14.5 Å². The highest BCUT2D eigenvalue weighted by Crippen LogP contribution is 2.26. The molecule has 178 valence electrons. The monoisotopic (exact) mass is 492 g/mol. The molecule has 3 rings (SSSR count). The molecule has 0 saturated heterocycles. The normalized spacial score (nSPS) is 13.3. The molecule has 0 aliphatic rings. The van der Waals surface area contributed by atoms with E-state index in [2.05, 4.69) is 34.9 Å². The lowest BCUT2D eigenvalue weighted by molar-refractivity contribution is -0.0500. The van der Waals surface area contributed by atoms with Crippen molar-refractivity contribution in [3.8, 4) is 17.2 Å². The maximum Gasteiger partial charge on any atom is 0.387 e. The van der Waals surface area contributed by atoms with E-state index >= 15 is 0 Å². The Bertz CT molecular complexity index is 1090. The number of halogens is 5. The van der Waals surface area contributed by atoms with Crippen LogP contribution in [0.5, 0.6) is 5.75 Å². The maximum atomic E-state index is 14.6. The Morgan fingerprint density at radius 3 is 2.45 bits per heavy atom. The van der Waals surface area contributed by atoms with Crippen molar-refractivity contribution in [2.45, 2.75) is 26.0 Å². The largest absolute Gasteiger partial charge is 0.435 e. The van der Waals surface area contributed by atoms with Gasteiger partial charge in [0, 0.05) is 36.3 Å². The van der Waals surface area contributed by atoms with Crippen LogP contribution in [0, 0.1) is 5.82 Å². The van der Waals surface area contributed by atoms with Gasteiger partial charge in [-0.25, -0.2) is 23.3 Å². The quantitative estimate of drug-likeness (QED) is 0.390. The van der Waals surface area contributed by atoms with Gasteiger partial charge in [0.1, 0.15) is 11.6 Å². The van der Waals surface area contributed by atoms with Gasteiger partial charge in [-0.1, -0.05) is 13.0 Å². The smallest absolute Gasteiger partial charge is 0.387 e. The Hall–Kier alpha value is -3.20. The summed E-state index contributed by atoms with van der Waals surface area (Å²) in [5.41, 5.74) is 0.213. The Balaban J connectivity index is 1.80. The fraction of sp³-hybridized carbons (Fsp3) is 0.333. The third kappa shape index (κ3) is 6.64. The lowest BCUT2D eigenvalue weighted by Gasteiger charge is -2.20. The van der Waals surface area contributed by atoms with Crippen LogP contribution in [0.25, 0.3) is 11.5 Å². The van der Waals surface area contributed by atoms with Crippen LogP contribution in [-0.2, 0) is 11.0 Å². The molecule has 1 aromatic carbocycles. The average Bonchev–Trinajstić information content (AvgIpc) is 3.27. The molecule has 2 N–H and O–H groups in total. The number of nitrogens with zero attached hydrogens (tertiary/aromatic N) is 4. The molecule has 0 saturated carbocycles. The number of alkyl halides is 4. The highest BCUT2D eigenvalue weighted by Gasteiger charge is 2.20. The Labute approximate surface area is 186 Å².